The van der Waals surface area contributed by atoms with Crippen molar-refractivity contribution in [2.45, 2.75) is 32.6 Å². The van der Waals surface area contributed by atoms with Crippen LogP contribution in [0.15, 0.2) is 0 Å². The monoisotopic (exact) mass is 196 g/mol. The van der Waals surface area contributed by atoms with Crippen LogP contribution < -0.4 is 0 Å². The summed E-state index contributed by atoms with van der Waals surface area (Å²) in [4.78, 5) is 8.73. The van der Waals surface area contributed by atoms with Gasteiger partial charge >= 0.3 is 0 Å². The number of carbonyl (C=O) groups is 1. The minimum absolute atomic E-state index is 0.163. The molecule has 0 radical (unpaired) electrons. The highest BCUT2D eigenvalue weighted by Gasteiger charge is 2.20. The smallest absolute Gasteiger partial charge is 0.300 e. The molecule has 0 aliphatic heterocycles. The lowest BCUT2D eigenvalue weighted by atomic mass is 9.98. The molecule has 0 aliphatic rings. The minimum Gasteiger partial charge on any atom is -0.481 e. The molecule has 0 amide bonds. The standard InChI is InChI=1S/C6H13ClO.C2H4O2/c1-5(4-8)6(2,3)7;1-2(3)4/h5,8H,4H2,1-3H3;1H3,(H,3,4). The number of aliphatic carboxylic acids is 1. The van der Waals surface area contributed by atoms with E-state index in [1.807, 2.05) is 20.8 Å². The Hall–Kier alpha value is -0.280. The summed E-state index contributed by atoms with van der Waals surface area (Å²) in [7, 11) is 0. The van der Waals surface area contributed by atoms with E-state index in [-0.39, 0.29) is 17.4 Å². The lowest BCUT2D eigenvalue weighted by Crippen LogP contribution is -2.24. The van der Waals surface area contributed by atoms with Crippen LogP contribution in [0.1, 0.15) is 27.7 Å². The molecule has 3 nitrogen and oxygen atoms in total. The Bertz CT molecular complexity index is 125. The Labute approximate surface area is 78.4 Å². The van der Waals surface area contributed by atoms with Gasteiger partial charge in [0.1, 0.15) is 0 Å². The average molecular weight is 197 g/mol. The van der Waals surface area contributed by atoms with Crippen molar-refractivity contribution in [3.8, 4) is 0 Å². The molecule has 0 aliphatic carbocycles. The predicted octanol–water partition coefficient (Wildman–Crippen LogP) is 1.72. The molecular weight excluding hydrogens is 180 g/mol. The topological polar surface area (TPSA) is 57.5 Å². The Kier molecular flexibility index (Phi) is 7.44. The molecule has 0 saturated carbocycles. The van der Waals surface area contributed by atoms with Gasteiger partial charge in [-0.05, 0) is 19.8 Å². The van der Waals surface area contributed by atoms with Gasteiger partial charge in [-0.1, -0.05) is 6.92 Å². The molecule has 0 saturated heterocycles. The van der Waals surface area contributed by atoms with Crippen LogP contribution in [-0.4, -0.2) is 27.7 Å². The number of halogens is 1. The Balaban J connectivity index is 0. The van der Waals surface area contributed by atoms with E-state index in [4.69, 9.17) is 26.6 Å². The number of rotatable bonds is 2. The second kappa shape index (κ2) is 6.26. The number of carboxylic acid groups (broad SMARTS) is 1. The zero-order valence-electron chi connectivity index (χ0n) is 7.97. The molecule has 0 heterocycles. The third-order valence-electron chi connectivity index (χ3n) is 1.45. The lowest BCUT2D eigenvalue weighted by Gasteiger charge is -2.21. The summed E-state index contributed by atoms with van der Waals surface area (Å²) in [6.45, 7) is 6.97. The van der Waals surface area contributed by atoms with E-state index < -0.39 is 5.97 Å². The number of alkyl halides is 1. The van der Waals surface area contributed by atoms with Crippen molar-refractivity contribution in [3.63, 3.8) is 0 Å². The van der Waals surface area contributed by atoms with E-state index in [1.54, 1.807) is 0 Å². The zero-order chi connectivity index (χ0) is 10.4. The molecule has 74 valence electrons. The summed E-state index contributed by atoms with van der Waals surface area (Å²) in [5.74, 6) is -0.663. The van der Waals surface area contributed by atoms with Gasteiger partial charge in [0, 0.05) is 18.4 Å². The molecule has 1 atom stereocenters. The number of aliphatic hydroxyl groups excluding tert-OH is 1. The summed E-state index contributed by atoms with van der Waals surface area (Å²) in [5, 5.41) is 16.0. The fourth-order valence-corrected chi connectivity index (χ4v) is 0.286. The maximum absolute atomic E-state index is 9.00. The molecule has 0 aromatic carbocycles. The van der Waals surface area contributed by atoms with Crippen LogP contribution in [0.25, 0.3) is 0 Å². The fraction of sp³-hybridized carbons (Fsp3) is 0.875. The van der Waals surface area contributed by atoms with Gasteiger partial charge in [0.25, 0.3) is 5.97 Å². The van der Waals surface area contributed by atoms with Crippen molar-refractivity contribution < 1.29 is 15.0 Å². The van der Waals surface area contributed by atoms with Gasteiger partial charge in [-0.3, -0.25) is 4.79 Å². The van der Waals surface area contributed by atoms with Crippen molar-refractivity contribution in [3.05, 3.63) is 0 Å². The molecule has 0 fully saturated rings. The van der Waals surface area contributed by atoms with Crippen LogP contribution in [0.5, 0.6) is 0 Å². The normalized spacial score (nSPS) is 12.8. The summed E-state index contributed by atoms with van der Waals surface area (Å²) in [5.41, 5.74) is 0. The third-order valence-corrected chi connectivity index (χ3v) is 1.82. The largest absolute Gasteiger partial charge is 0.481 e. The average Bonchev–Trinajstić information content (AvgIpc) is 1.82. The molecule has 12 heavy (non-hydrogen) atoms. The second-order valence-corrected chi connectivity index (χ2v) is 4.14. The van der Waals surface area contributed by atoms with E-state index >= 15 is 0 Å². The highest BCUT2D eigenvalue weighted by molar-refractivity contribution is 6.23. The molecule has 1 unspecified atom stereocenters. The maximum atomic E-state index is 9.00. The number of carboxylic acids is 1. The second-order valence-electron chi connectivity index (χ2n) is 3.17. The first-order valence-corrected chi connectivity index (χ1v) is 4.09. The van der Waals surface area contributed by atoms with Gasteiger partial charge in [0.05, 0.1) is 0 Å². The van der Waals surface area contributed by atoms with Gasteiger partial charge in [-0.2, -0.15) is 0 Å². The van der Waals surface area contributed by atoms with Crippen LogP contribution in [0.2, 0.25) is 0 Å². The number of hydrogen-bond acceptors (Lipinski definition) is 2. The number of aliphatic hydroxyl groups is 1. The minimum atomic E-state index is -0.833. The SMILES string of the molecule is CC(=O)O.CC(CO)C(C)(C)Cl. The zero-order valence-corrected chi connectivity index (χ0v) is 8.72. The van der Waals surface area contributed by atoms with Crippen LogP contribution in [0.4, 0.5) is 0 Å². The van der Waals surface area contributed by atoms with Crippen molar-refractivity contribution >= 4 is 17.6 Å². The molecule has 4 heteroatoms. The quantitative estimate of drug-likeness (QED) is 0.662. The predicted molar refractivity (Wildman–Crippen MR) is 49.5 cm³/mol. The van der Waals surface area contributed by atoms with Crippen molar-refractivity contribution in [1.82, 2.24) is 0 Å². The van der Waals surface area contributed by atoms with Gasteiger partial charge < -0.3 is 10.2 Å². The first kappa shape index (κ1) is 14.3. The molecule has 0 rings (SSSR count). The van der Waals surface area contributed by atoms with E-state index in [9.17, 15) is 0 Å². The highest BCUT2D eigenvalue weighted by atomic mass is 35.5. The van der Waals surface area contributed by atoms with Crippen LogP contribution in [0, 0.1) is 5.92 Å². The summed E-state index contributed by atoms with van der Waals surface area (Å²) >= 11 is 5.82. The third kappa shape index (κ3) is 12.4. The van der Waals surface area contributed by atoms with Gasteiger partial charge in [0.15, 0.2) is 0 Å². The Morgan fingerprint density at radius 2 is 1.83 bits per heavy atom. The van der Waals surface area contributed by atoms with E-state index in [0.717, 1.165) is 6.92 Å². The molecule has 0 spiro atoms. The van der Waals surface area contributed by atoms with Gasteiger partial charge in [-0.15, -0.1) is 11.6 Å². The Morgan fingerprint density at radius 1 is 1.58 bits per heavy atom. The van der Waals surface area contributed by atoms with E-state index in [2.05, 4.69) is 0 Å². The molecule has 0 aromatic heterocycles. The highest BCUT2D eigenvalue weighted by Crippen LogP contribution is 2.22. The van der Waals surface area contributed by atoms with Crippen LogP contribution in [0.3, 0.4) is 0 Å². The first-order valence-electron chi connectivity index (χ1n) is 3.71. The van der Waals surface area contributed by atoms with Crippen LogP contribution >= 0.6 is 11.6 Å². The summed E-state index contributed by atoms with van der Waals surface area (Å²) in [6.07, 6.45) is 0. The van der Waals surface area contributed by atoms with Crippen molar-refractivity contribution in [2.75, 3.05) is 6.61 Å². The van der Waals surface area contributed by atoms with Crippen LogP contribution in [-0.2, 0) is 4.79 Å². The van der Waals surface area contributed by atoms with Crippen molar-refractivity contribution in [1.29, 1.82) is 0 Å². The lowest BCUT2D eigenvalue weighted by molar-refractivity contribution is -0.134. The van der Waals surface area contributed by atoms with Crippen molar-refractivity contribution in [2.24, 2.45) is 5.92 Å². The first-order chi connectivity index (χ1) is 5.21. The maximum Gasteiger partial charge on any atom is 0.300 e. The summed E-state index contributed by atoms with van der Waals surface area (Å²) in [6, 6.07) is 0. The Morgan fingerprint density at radius 3 is 1.83 bits per heavy atom. The molecular formula is C8H17ClO3. The van der Waals surface area contributed by atoms with E-state index in [0.29, 0.717) is 0 Å². The van der Waals surface area contributed by atoms with Gasteiger partial charge in [0.2, 0.25) is 0 Å². The fourth-order valence-electron chi connectivity index (χ4n) is 0.217. The van der Waals surface area contributed by atoms with E-state index in [1.165, 1.54) is 0 Å². The molecule has 2 N–H and O–H groups in total. The number of hydrogen-bond donors (Lipinski definition) is 2. The van der Waals surface area contributed by atoms with Gasteiger partial charge in [-0.25, -0.2) is 0 Å². The molecule has 0 bridgehead atoms. The molecule has 0 aromatic rings. The summed E-state index contributed by atoms with van der Waals surface area (Å²) < 4.78 is 0.